The van der Waals surface area contributed by atoms with Gasteiger partial charge in [0.25, 0.3) is 5.91 Å². The van der Waals surface area contributed by atoms with Gasteiger partial charge in [-0.25, -0.2) is 4.39 Å². The van der Waals surface area contributed by atoms with E-state index in [1.54, 1.807) is 29.2 Å². The Kier molecular flexibility index (Phi) is 5.36. The minimum atomic E-state index is -0.0508. The van der Waals surface area contributed by atoms with Crippen molar-refractivity contribution in [2.24, 2.45) is 5.73 Å². The Labute approximate surface area is 150 Å². The third-order valence-electron chi connectivity index (χ3n) is 4.12. The lowest BCUT2D eigenvalue weighted by atomic mass is 10.1. The van der Waals surface area contributed by atoms with E-state index in [0.29, 0.717) is 41.3 Å². The largest absolute Gasteiger partial charge is 0.489 e. The van der Waals surface area contributed by atoms with Gasteiger partial charge in [0.1, 0.15) is 12.4 Å². The Bertz CT molecular complexity index is 806. The van der Waals surface area contributed by atoms with Crippen molar-refractivity contribution in [3.05, 3.63) is 76.1 Å². The van der Waals surface area contributed by atoms with Gasteiger partial charge in [0.05, 0.1) is 6.33 Å². The highest BCUT2D eigenvalue weighted by atomic mass is 35.5. The first kappa shape index (κ1) is 17.5. The highest BCUT2D eigenvalue weighted by molar-refractivity contribution is 6.30. The van der Waals surface area contributed by atoms with Crippen LogP contribution in [0.4, 0.5) is 4.39 Å². The van der Waals surface area contributed by atoms with Crippen LogP contribution in [0.1, 0.15) is 21.5 Å². The molecular weight excluding hydrogens is 343 g/mol. The van der Waals surface area contributed by atoms with Crippen molar-refractivity contribution in [3.63, 3.8) is 0 Å². The summed E-state index contributed by atoms with van der Waals surface area (Å²) in [6.45, 7) is 1.31. The van der Waals surface area contributed by atoms with Crippen molar-refractivity contribution in [3.8, 4) is 5.75 Å². The number of hydrogen-bond donors (Lipinski definition) is 1. The van der Waals surface area contributed by atoms with Crippen molar-refractivity contribution in [2.45, 2.75) is 13.1 Å². The Hall–Kier alpha value is -2.37. The second kappa shape index (κ2) is 7.68. The quantitative estimate of drug-likeness (QED) is 0.884. The van der Waals surface area contributed by atoms with E-state index in [1.165, 1.54) is 0 Å². The molecule has 1 aliphatic rings. The molecule has 130 valence electrons. The Morgan fingerprint density at radius 2 is 1.92 bits per heavy atom. The third-order valence-corrected chi connectivity index (χ3v) is 4.36. The molecule has 0 spiro atoms. The van der Waals surface area contributed by atoms with Crippen molar-refractivity contribution < 1.29 is 13.9 Å². The van der Waals surface area contributed by atoms with E-state index in [9.17, 15) is 9.18 Å². The SMILES string of the molecule is NC/C(=C/F)COc1ccc(C(=O)N2Cc3ccc(Cl)cc3C2)cc1. The minimum absolute atomic E-state index is 0.0508. The number of nitrogens with zero attached hydrogens (tertiary/aromatic N) is 1. The number of halogens is 2. The fourth-order valence-electron chi connectivity index (χ4n) is 2.69. The third kappa shape index (κ3) is 4.00. The summed E-state index contributed by atoms with van der Waals surface area (Å²) in [6.07, 6.45) is 0.454. The average molecular weight is 361 g/mol. The van der Waals surface area contributed by atoms with Crippen LogP contribution in [-0.4, -0.2) is 24.0 Å². The van der Waals surface area contributed by atoms with Crippen LogP contribution < -0.4 is 10.5 Å². The van der Waals surface area contributed by atoms with Crippen LogP contribution in [0.2, 0.25) is 5.02 Å². The minimum Gasteiger partial charge on any atom is -0.489 e. The topological polar surface area (TPSA) is 55.6 Å². The summed E-state index contributed by atoms with van der Waals surface area (Å²) in [4.78, 5) is 14.4. The van der Waals surface area contributed by atoms with E-state index < -0.39 is 0 Å². The maximum Gasteiger partial charge on any atom is 0.254 e. The molecule has 0 bridgehead atoms. The molecule has 0 saturated carbocycles. The van der Waals surface area contributed by atoms with Gasteiger partial charge < -0.3 is 15.4 Å². The molecule has 2 aromatic rings. The predicted octanol–water partition coefficient (Wildman–Crippen LogP) is 3.69. The monoisotopic (exact) mass is 360 g/mol. The summed E-state index contributed by atoms with van der Waals surface area (Å²) in [5.41, 5.74) is 8.52. The van der Waals surface area contributed by atoms with Gasteiger partial charge in [0.15, 0.2) is 0 Å². The van der Waals surface area contributed by atoms with Gasteiger partial charge in [0, 0.05) is 35.8 Å². The fourth-order valence-corrected chi connectivity index (χ4v) is 2.89. The molecule has 0 atom stereocenters. The number of nitrogens with two attached hydrogens (primary N) is 1. The molecule has 0 aliphatic carbocycles. The number of benzene rings is 2. The molecule has 1 heterocycles. The molecule has 0 fully saturated rings. The Balaban J connectivity index is 1.64. The zero-order valence-electron chi connectivity index (χ0n) is 13.5. The van der Waals surface area contributed by atoms with Gasteiger partial charge >= 0.3 is 0 Å². The number of rotatable bonds is 5. The van der Waals surface area contributed by atoms with Crippen molar-refractivity contribution >= 4 is 17.5 Å². The summed E-state index contributed by atoms with van der Waals surface area (Å²) < 4.78 is 17.9. The van der Waals surface area contributed by atoms with Gasteiger partial charge in [0.2, 0.25) is 0 Å². The molecule has 0 aromatic heterocycles. The van der Waals surface area contributed by atoms with E-state index in [4.69, 9.17) is 22.1 Å². The number of hydrogen-bond acceptors (Lipinski definition) is 3. The molecule has 25 heavy (non-hydrogen) atoms. The zero-order valence-corrected chi connectivity index (χ0v) is 14.3. The molecule has 0 unspecified atom stereocenters. The Morgan fingerprint density at radius 1 is 1.20 bits per heavy atom. The van der Waals surface area contributed by atoms with E-state index in [2.05, 4.69) is 0 Å². The number of ether oxygens (including phenoxy) is 1. The number of fused-ring (bicyclic) bond motifs is 1. The lowest BCUT2D eigenvalue weighted by molar-refractivity contribution is 0.0751. The number of carbonyl (C=O) groups excluding carboxylic acids is 1. The van der Waals surface area contributed by atoms with Crippen molar-refractivity contribution in [2.75, 3.05) is 13.2 Å². The molecule has 4 nitrogen and oxygen atoms in total. The predicted molar refractivity (Wildman–Crippen MR) is 95.2 cm³/mol. The second-order valence-corrected chi connectivity index (χ2v) is 6.30. The number of amides is 1. The Morgan fingerprint density at radius 3 is 2.60 bits per heavy atom. The average Bonchev–Trinajstić information content (AvgIpc) is 3.05. The zero-order chi connectivity index (χ0) is 17.8. The second-order valence-electron chi connectivity index (χ2n) is 5.86. The van der Waals surface area contributed by atoms with Gasteiger partial charge in [-0.15, -0.1) is 0 Å². The van der Waals surface area contributed by atoms with Crippen LogP contribution in [0.5, 0.6) is 5.75 Å². The summed E-state index contributed by atoms with van der Waals surface area (Å²) in [6, 6.07) is 12.5. The van der Waals surface area contributed by atoms with Crippen LogP contribution in [-0.2, 0) is 13.1 Å². The molecule has 0 saturated heterocycles. The van der Waals surface area contributed by atoms with Crippen LogP contribution in [0.15, 0.2) is 54.4 Å². The summed E-state index contributed by atoms with van der Waals surface area (Å²) >= 11 is 6.01. The van der Waals surface area contributed by atoms with Gasteiger partial charge in [-0.3, -0.25) is 4.79 Å². The first-order valence-electron chi connectivity index (χ1n) is 7.88. The fraction of sp³-hybridized carbons (Fsp3) is 0.211. The molecule has 1 aliphatic heterocycles. The van der Waals surface area contributed by atoms with Gasteiger partial charge in [-0.05, 0) is 47.5 Å². The molecule has 6 heteroatoms. The van der Waals surface area contributed by atoms with Crippen molar-refractivity contribution in [1.82, 2.24) is 4.90 Å². The van der Waals surface area contributed by atoms with Crippen LogP contribution >= 0.6 is 11.6 Å². The molecular formula is C19H18ClFN2O2. The lowest BCUT2D eigenvalue weighted by Gasteiger charge is -2.15. The van der Waals surface area contributed by atoms with Gasteiger partial charge in [-0.2, -0.15) is 0 Å². The molecule has 1 amide bonds. The van der Waals surface area contributed by atoms with Crippen molar-refractivity contribution in [1.29, 1.82) is 0 Å². The highest BCUT2D eigenvalue weighted by Crippen LogP contribution is 2.27. The standard InChI is InChI=1S/C19H18ClFN2O2/c20-17-4-1-15-10-23(11-16(15)7-17)19(24)14-2-5-18(6-3-14)25-12-13(8-21)9-22/h1-8H,9-12,22H2/b13-8-. The molecule has 2 aromatic carbocycles. The normalized spacial score (nSPS) is 13.7. The van der Waals surface area contributed by atoms with E-state index in [0.717, 1.165) is 11.1 Å². The summed E-state index contributed by atoms with van der Waals surface area (Å²) in [5.74, 6) is 0.506. The molecule has 2 N–H and O–H groups in total. The molecule has 0 radical (unpaired) electrons. The maximum absolute atomic E-state index is 12.6. The molecule has 3 rings (SSSR count). The number of carbonyl (C=O) groups is 1. The lowest BCUT2D eigenvalue weighted by Crippen LogP contribution is -2.25. The van der Waals surface area contributed by atoms with E-state index in [1.807, 2.05) is 18.2 Å². The smallest absolute Gasteiger partial charge is 0.254 e. The van der Waals surface area contributed by atoms with Crippen LogP contribution in [0, 0.1) is 0 Å². The van der Waals surface area contributed by atoms with Crippen LogP contribution in [0.3, 0.4) is 0 Å². The van der Waals surface area contributed by atoms with E-state index >= 15 is 0 Å². The van der Waals surface area contributed by atoms with Gasteiger partial charge in [-0.1, -0.05) is 17.7 Å². The summed E-state index contributed by atoms with van der Waals surface area (Å²) in [7, 11) is 0. The summed E-state index contributed by atoms with van der Waals surface area (Å²) in [5, 5.41) is 0.675. The van der Waals surface area contributed by atoms with Crippen LogP contribution in [0.25, 0.3) is 0 Å². The maximum atomic E-state index is 12.6. The first-order chi connectivity index (χ1) is 12.1. The van der Waals surface area contributed by atoms with E-state index in [-0.39, 0.29) is 19.1 Å². The highest BCUT2D eigenvalue weighted by Gasteiger charge is 2.24. The first-order valence-corrected chi connectivity index (χ1v) is 8.26.